The number of sulfonamides is 1. The molecule has 0 saturated carbocycles. The zero-order chi connectivity index (χ0) is 26.2. The minimum Gasteiger partial charge on any atom is -0.497 e. The lowest BCUT2D eigenvalue weighted by atomic mass is 10.0. The van der Waals surface area contributed by atoms with Gasteiger partial charge in [0.15, 0.2) is 6.61 Å². The van der Waals surface area contributed by atoms with E-state index in [4.69, 9.17) is 20.6 Å². The van der Waals surface area contributed by atoms with Gasteiger partial charge in [0.1, 0.15) is 17.3 Å². The minimum atomic E-state index is -3.83. The van der Waals surface area contributed by atoms with Gasteiger partial charge in [-0.15, -0.1) is 0 Å². The highest BCUT2D eigenvalue weighted by atomic mass is 32.2. The molecule has 0 spiro atoms. The van der Waals surface area contributed by atoms with Gasteiger partial charge in [-0.1, -0.05) is 24.3 Å². The van der Waals surface area contributed by atoms with E-state index < -0.39 is 10.0 Å². The number of nitrogens with one attached hydrogen (secondary N) is 2. The Morgan fingerprint density at radius 2 is 1.78 bits per heavy atom. The molecule has 1 aliphatic heterocycles. The topological polar surface area (TPSA) is 135 Å². The van der Waals surface area contributed by atoms with Gasteiger partial charge in [0.05, 0.1) is 29.9 Å². The molecule has 0 radical (unpaired) electrons. The number of carbonyl (C=O) groups excluding carboxylic acids is 1. The largest absolute Gasteiger partial charge is 0.497 e. The second-order valence-electron chi connectivity index (χ2n) is 8.54. The Bertz CT molecular complexity index is 1630. The molecule has 1 aliphatic rings. The van der Waals surface area contributed by atoms with Gasteiger partial charge < -0.3 is 20.1 Å². The van der Waals surface area contributed by atoms with Gasteiger partial charge in [-0.25, -0.2) is 8.42 Å². The molecule has 5 rings (SSSR count). The Morgan fingerprint density at radius 1 is 1.03 bits per heavy atom. The molecule has 1 heterocycles. The Kier molecular flexibility index (Phi) is 6.18. The molecule has 4 aromatic rings. The van der Waals surface area contributed by atoms with Crippen LogP contribution < -0.4 is 24.8 Å². The van der Waals surface area contributed by atoms with Gasteiger partial charge >= 0.3 is 0 Å². The molecule has 0 bridgehead atoms. The number of hydrogen-bond acceptors (Lipinski definition) is 6. The molecule has 4 aromatic carbocycles. The van der Waals surface area contributed by atoms with Crippen molar-refractivity contribution >= 4 is 43.9 Å². The maximum atomic E-state index is 12.8. The summed E-state index contributed by atoms with van der Waals surface area (Å²) < 4.78 is 38.9. The first-order valence-corrected chi connectivity index (χ1v) is 12.8. The van der Waals surface area contributed by atoms with E-state index in [2.05, 4.69) is 4.72 Å². The lowest BCUT2D eigenvalue weighted by molar-refractivity contribution is -0.121. The maximum Gasteiger partial charge on any atom is 0.265 e. The fraction of sp³-hybridized carbons (Fsp3) is 0.111. The van der Waals surface area contributed by atoms with Crippen molar-refractivity contribution < 1.29 is 22.7 Å². The lowest BCUT2D eigenvalue weighted by Crippen LogP contribution is -2.38. The van der Waals surface area contributed by atoms with Crippen molar-refractivity contribution in [3.63, 3.8) is 0 Å². The van der Waals surface area contributed by atoms with Crippen LogP contribution in [0, 0.1) is 5.41 Å². The predicted octanol–water partition coefficient (Wildman–Crippen LogP) is 3.86. The normalized spacial score (nSPS) is 13.1. The summed E-state index contributed by atoms with van der Waals surface area (Å²) in [4.78, 5) is 14.5. The number of amidine groups is 1. The van der Waals surface area contributed by atoms with Crippen LogP contribution in [0.1, 0.15) is 11.1 Å². The average molecular weight is 517 g/mol. The number of nitrogens with zero attached hydrogens (tertiary/aromatic N) is 1. The number of nitrogens with two attached hydrogens (primary N) is 1. The van der Waals surface area contributed by atoms with E-state index >= 15 is 0 Å². The molecular formula is C27H24N4O5S. The van der Waals surface area contributed by atoms with E-state index in [0.29, 0.717) is 35.0 Å². The van der Waals surface area contributed by atoms with E-state index in [1.807, 2.05) is 30.3 Å². The monoisotopic (exact) mass is 516 g/mol. The number of fused-ring (bicyclic) bond motifs is 2. The fourth-order valence-corrected chi connectivity index (χ4v) is 5.20. The van der Waals surface area contributed by atoms with Crippen molar-refractivity contribution in [2.75, 3.05) is 23.3 Å². The molecule has 0 saturated heterocycles. The molecule has 0 fully saturated rings. The minimum absolute atomic E-state index is 0.0111. The van der Waals surface area contributed by atoms with Crippen molar-refractivity contribution in [3.8, 4) is 11.5 Å². The summed E-state index contributed by atoms with van der Waals surface area (Å²) in [5, 5.41) is 9.59. The van der Waals surface area contributed by atoms with E-state index in [1.54, 1.807) is 41.3 Å². The van der Waals surface area contributed by atoms with Crippen LogP contribution in [0.15, 0.2) is 83.8 Å². The van der Waals surface area contributed by atoms with Gasteiger partial charge in [0.25, 0.3) is 15.9 Å². The zero-order valence-corrected chi connectivity index (χ0v) is 20.7. The van der Waals surface area contributed by atoms with Gasteiger partial charge in [-0.3, -0.25) is 14.9 Å². The highest BCUT2D eigenvalue weighted by Crippen LogP contribution is 2.36. The van der Waals surface area contributed by atoms with Crippen LogP contribution in [-0.4, -0.2) is 33.9 Å². The number of hydrogen-bond donors (Lipinski definition) is 3. The summed E-state index contributed by atoms with van der Waals surface area (Å²) in [7, 11) is -2.33. The second-order valence-corrected chi connectivity index (χ2v) is 10.2. The van der Waals surface area contributed by atoms with Crippen LogP contribution in [0.25, 0.3) is 10.8 Å². The third-order valence-electron chi connectivity index (χ3n) is 6.08. The highest BCUT2D eigenvalue weighted by molar-refractivity contribution is 7.92. The Morgan fingerprint density at radius 3 is 2.51 bits per heavy atom. The number of anilines is 2. The summed E-state index contributed by atoms with van der Waals surface area (Å²) >= 11 is 0. The lowest BCUT2D eigenvalue weighted by Gasteiger charge is -2.30. The van der Waals surface area contributed by atoms with Crippen LogP contribution in [0.2, 0.25) is 0 Å². The number of benzene rings is 4. The first-order chi connectivity index (χ1) is 17.7. The number of nitrogen functional groups attached to an aromatic ring is 1. The molecule has 10 heteroatoms. The maximum absolute atomic E-state index is 12.8. The van der Waals surface area contributed by atoms with Crippen molar-refractivity contribution in [1.29, 1.82) is 5.41 Å². The molecule has 0 unspecified atom stereocenters. The SMILES string of the molecule is COc1ccc(S(=O)(=O)Nc2ccc3c(c2)OCC(=O)N3Cc2ccc3ccc(C(=N)N)cc3c2)cc1. The smallest absolute Gasteiger partial charge is 0.265 e. The standard InChI is InChI=1S/C27H24N4O5S/c1-35-22-7-9-23(10-8-22)37(33,34)30-21-6-11-24-25(14-21)36-16-26(32)31(24)15-17-2-3-18-4-5-19(27(28)29)13-20(18)12-17/h2-14,30H,15-16H2,1H3,(H3,28,29). The van der Waals surface area contributed by atoms with E-state index in [-0.39, 0.29) is 23.2 Å². The third kappa shape index (κ3) is 4.91. The van der Waals surface area contributed by atoms with Crippen molar-refractivity contribution in [2.24, 2.45) is 5.73 Å². The van der Waals surface area contributed by atoms with E-state index in [9.17, 15) is 13.2 Å². The fourth-order valence-electron chi connectivity index (χ4n) is 4.15. The molecule has 1 amide bonds. The molecular weight excluding hydrogens is 492 g/mol. The van der Waals surface area contributed by atoms with Crippen LogP contribution in [0.5, 0.6) is 11.5 Å². The number of carbonyl (C=O) groups is 1. The first-order valence-electron chi connectivity index (χ1n) is 11.3. The van der Waals surface area contributed by atoms with Crippen LogP contribution in [-0.2, 0) is 21.4 Å². The number of methoxy groups -OCH3 is 1. The molecule has 9 nitrogen and oxygen atoms in total. The molecule has 0 aliphatic carbocycles. The predicted molar refractivity (Wildman–Crippen MR) is 142 cm³/mol. The molecule has 188 valence electrons. The number of amides is 1. The van der Waals surface area contributed by atoms with Crippen molar-refractivity contribution in [3.05, 3.63) is 90.0 Å². The highest BCUT2D eigenvalue weighted by Gasteiger charge is 2.26. The quantitative estimate of drug-likeness (QED) is 0.252. The van der Waals surface area contributed by atoms with Crippen LogP contribution in [0.3, 0.4) is 0 Å². The van der Waals surface area contributed by atoms with Gasteiger partial charge in [-0.2, -0.15) is 0 Å². The number of ether oxygens (including phenoxy) is 2. The second kappa shape index (κ2) is 9.47. The van der Waals surface area contributed by atoms with E-state index in [0.717, 1.165) is 16.3 Å². The van der Waals surface area contributed by atoms with Crippen LogP contribution >= 0.6 is 0 Å². The summed E-state index contributed by atoms with van der Waals surface area (Å²) in [5.41, 5.74) is 8.00. The molecule has 4 N–H and O–H groups in total. The summed E-state index contributed by atoms with van der Waals surface area (Å²) in [6, 6.07) is 22.3. The van der Waals surface area contributed by atoms with E-state index in [1.165, 1.54) is 19.2 Å². The number of rotatable bonds is 7. The van der Waals surface area contributed by atoms with Crippen molar-refractivity contribution in [1.82, 2.24) is 0 Å². The zero-order valence-electron chi connectivity index (χ0n) is 19.9. The van der Waals surface area contributed by atoms with Gasteiger partial charge in [0, 0.05) is 11.6 Å². The Hall–Kier alpha value is -4.57. The van der Waals surface area contributed by atoms with Gasteiger partial charge in [-0.05, 0) is 64.9 Å². The summed E-state index contributed by atoms with van der Waals surface area (Å²) in [5.74, 6) is 0.727. The first kappa shape index (κ1) is 24.1. The molecule has 0 aromatic heterocycles. The van der Waals surface area contributed by atoms with Crippen molar-refractivity contribution in [2.45, 2.75) is 11.4 Å². The molecule has 37 heavy (non-hydrogen) atoms. The van der Waals surface area contributed by atoms with Gasteiger partial charge in [0.2, 0.25) is 0 Å². The Balaban J connectivity index is 1.40. The molecule has 0 atom stereocenters. The Labute approximate surface area is 214 Å². The summed E-state index contributed by atoms with van der Waals surface area (Å²) in [6.07, 6.45) is 0. The third-order valence-corrected chi connectivity index (χ3v) is 7.48. The van der Waals surface area contributed by atoms with Crippen LogP contribution in [0.4, 0.5) is 11.4 Å². The summed E-state index contributed by atoms with van der Waals surface area (Å²) in [6.45, 7) is 0.135. The average Bonchev–Trinajstić information content (AvgIpc) is 2.89.